The molecule has 2 heterocycles. The normalized spacial score (nSPS) is 12.7. The predicted molar refractivity (Wildman–Crippen MR) is 61.9 cm³/mol. The lowest BCUT2D eigenvalue weighted by Gasteiger charge is -2.26. The zero-order valence-corrected chi connectivity index (χ0v) is 8.69. The van der Waals surface area contributed by atoms with Crippen LogP contribution in [0.15, 0.2) is 42.6 Å². The molecule has 2 aromatic rings. The number of pyridine rings is 1. The molecular formula is C11H8N2OS. The van der Waals surface area contributed by atoms with Crippen molar-refractivity contribution in [2.75, 3.05) is 4.31 Å². The van der Waals surface area contributed by atoms with E-state index < -0.39 is 0 Å². The highest BCUT2D eigenvalue weighted by Gasteiger charge is 2.22. The van der Waals surface area contributed by atoms with E-state index in [2.05, 4.69) is 17.8 Å². The number of anilines is 2. The summed E-state index contributed by atoms with van der Waals surface area (Å²) < 4.78 is 7.43. The molecule has 0 radical (unpaired) electrons. The first-order valence-electron chi connectivity index (χ1n) is 4.57. The summed E-state index contributed by atoms with van der Waals surface area (Å²) in [6.45, 7) is 0. The number of rotatable bonds is 0. The standard InChI is InChI=1S/C11H8N2OS/c15-13-8-4-1-2-6-10(8)14-11-9(13)5-3-7-12-11/h1-7,15H. The first kappa shape index (κ1) is 8.61. The Morgan fingerprint density at radius 1 is 1.07 bits per heavy atom. The molecule has 0 amide bonds. The van der Waals surface area contributed by atoms with Gasteiger partial charge in [-0.15, -0.1) is 0 Å². The van der Waals surface area contributed by atoms with Crippen LogP contribution in [0.5, 0.6) is 11.6 Å². The van der Waals surface area contributed by atoms with E-state index in [0.29, 0.717) is 5.88 Å². The van der Waals surface area contributed by atoms with Crippen molar-refractivity contribution in [1.82, 2.24) is 4.98 Å². The van der Waals surface area contributed by atoms with Gasteiger partial charge in [0.25, 0.3) is 0 Å². The van der Waals surface area contributed by atoms with E-state index in [4.69, 9.17) is 4.74 Å². The maximum atomic E-state index is 5.65. The second kappa shape index (κ2) is 3.17. The van der Waals surface area contributed by atoms with Crippen molar-refractivity contribution in [3.05, 3.63) is 42.6 Å². The molecule has 0 saturated carbocycles. The van der Waals surface area contributed by atoms with Crippen molar-refractivity contribution in [3.8, 4) is 11.6 Å². The van der Waals surface area contributed by atoms with Gasteiger partial charge in [0.2, 0.25) is 5.88 Å². The highest BCUT2D eigenvalue weighted by Crippen LogP contribution is 2.45. The molecule has 0 N–H and O–H groups in total. The molecule has 0 aliphatic carbocycles. The smallest absolute Gasteiger partial charge is 0.244 e. The molecule has 0 fully saturated rings. The Morgan fingerprint density at radius 2 is 1.87 bits per heavy atom. The minimum Gasteiger partial charge on any atom is -0.435 e. The lowest BCUT2D eigenvalue weighted by atomic mass is 10.2. The number of nitrogens with zero attached hydrogens (tertiary/aromatic N) is 2. The van der Waals surface area contributed by atoms with Crippen molar-refractivity contribution in [2.24, 2.45) is 0 Å². The van der Waals surface area contributed by atoms with Crippen molar-refractivity contribution in [2.45, 2.75) is 0 Å². The van der Waals surface area contributed by atoms with E-state index in [9.17, 15) is 0 Å². The van der Waals surface area contributed by atoms with Gasteiger partial charge < -0.3 is 4.74 Å². The fourth-order valence-electron chi connectivity index (χ4n) is 1.57. The van der Waals surface area contributed by atoms with Gasteiger partial charge >= 0.3 is 0 Å². The summed E-state index contributed by atoms with van der Waals surface area (Å²) in [5.41, 5.74) is 1.79. The quantitative estimate of drug-likeness (QED) is 0.685. The Balaban J connectivity index is 2.20. The number of benzene rings is 1. The van der Waals surface area contributed by atoms with Gasteiger partial charge in [0.1, 0.15) is 5.69 Å². The molecule has 3 nitrogen and oxygen atoms in total. The van der Waals surface area contributed by atoms with Crippen molar-refractivity contribution in [1.29, 1.82) is 0 Å². The minimum absolute atomic E-state index is 0.589. The van der Waals surface area contributed by atoms with Crippen LogP contribution in [0.2, 0.25) is 0 Å². The Bertz CT molecular complexity index is 470. The fraction of sp³-hybridized carbons (Fsp3) is 0. The van der Waals surface area contributed by atoms with Gasteiger partial charge in [0.15, 0.2) is 5.75 Å². The van der Waals surface area contributed by atoms with Crippen LogP contribution in [0.1, 0.15) is 0 Å². The highest BCUT2D eigenvalue weighted by atomic mass is 32.1. The molecule has 15 heavy (non-hydrogen) atoms. The maximum absolute atomic E-state index is 5.65. The molecule has 1 aliphatic rings. The summed E-state index contributed by atoms with van der Waals surface area (Å²) in [5.74, 6) is 1.37. The van der Waals surface area contributed by atoms with Crippen molar-refractivity contribution < 1.29 is 4.74 Å². The van der Waals surface area contributed by atoms with Gasteiger partial charge in [-0.2, -0.15) is 0 Å². The van der Waals surface area contributed by atoms with Crippen LogP contribution in [0, 0.1) is 0 Å². The van der Waals surface area contributed by atoms with E-state index in [0.717, 1.165) is 17.1 Å². The van der Waals surface area contributed by atoms with Gasteiger partial charge in [0.05, 0.1) is 5.69 Å². The van der Waals surface area contributed by atoms with Crippen LogP contribution in [-0.2, 0) is 0 Å². The molecule has 0 saturated heterocycles. The van der Waals surface area contributed by atoms with Crippen LogP contribution in [-0.4, -0.2) is 4.98 Å². The SMILES string of the molecule is SN1c2ccccc2Oc2ncccc21. The second-order valence-corrected chi connectivity index (χ2v) is 3.61. The molecule has 1 aromatic carbocycles. The lowest BCUT2D eigenvalue weighted by Crippen LogP contribution is -2.10. The topological polar surface area (TPSA) is 25.4 Å². The third kappa shape index (κ3) is 1.26. The van der Waals surface area contributed by atoms with Crippen LogP contribution >= 0.6 is 12.8 Å². The van der Waals surface area contributed by atoms with E-state index >= 15 is 0 Å². The van der Waals surface area contributed by atoms with Gasteiger partial charge in [-0.1, -0.05) is 24.9 Å². The summed E-state index contributed by atoms with van der Waals surface area (Å²) in [6.07, 6.45) is 1.70. The van der Waals surface area contributed by atoms with Crippen LogP contribution in [0.3, 0.4) is 0 Å². The van der Waals surface area contributed by atoms with Crippen molar-refractivity contribution in [3.63, 3.8) is 0 Å². The molecule has 1 aliphatic heterocycles. The zero-order valence-electron chi connectivity index (χ0n) is 7.79. The van der Waals surface area contributed by atoms with E-state index in [1.165, 1.54) is 0 Å². The van der Waals surface area contributed by atoms with Crippen molar-refractivity contribution >= 4 is 24.2 Å². The fourth-order valence-corrected chi connectivity index (χ4v) is 1.89. The highest BCUT2D eigenvalue weighted by molar-refractivity contribution is 7.82. The van der Waals surface area contributed by atoms with Crippen LogP contribution in [0.25, 0.3) is 0 Å². The summed E-state index contributed by atoms with van der Waals surface area (Å²) in [6, 6.07) is 11.5. The summed E-state index contributed by atoms with van der Waals surface area (Å²) in [4.78, 5) is 4.16. The third-order valence-electron chi connectivity index (χ3n) is 2.28. The van der Waals surface area contributed by atoms with Crippen LogP contribution in [0.4, 0.5) is 11.4 Å². The molecular weight excluding hydrogens is 208 g/mol. The molecule has 3 rings (SSSR count). The number of hydrogen-bond donors (Lipinski definition) is 1. The van der Waals surface area contributed by atoms with Gasteiger partial charge in [-0.3, -0.25) is 4.31 Å². The first-order chi connectivity index (χ1) is 7.36. The lowest BCUT2D eigenvalue weighted by molar-refractivity contribution is 0.459. The molecule has 0 bridgehead atoms. The van der Waals surface area contributed by atoms with E-state index in [-0.39, 0.29) is 0 Å². The monoisotopic (exact) mass is 216 g/mol. The van der Waals surface area contributed by atoms with Gasteiger partial charge in [-0.05, 0) is 24.3 Å². The van der Waals surface area contributed by atoms with E-state index in [1.54, 1.807) is 10.5 Å². The first-order valence-corrected chi connectivity index (χ1v) is 4.97. The number of thiol groups is 1. The molecule has 74 valence electrons. The van der Waals surface area contributed by atoms with E-state index in [1.807, 2.05) is 36.4 Å². The summed E-state index contributed by atoms with van der Waals surface area (Å²) >= 11 is 4.43. The number of ether oxygens (including phenoxy) is 1. The second-order valence-electron chi connectivity index (χ2n) is 3.21. The van der Waals surface area contributed by atoms with Gasteiger partial charge in [0, 0.05) is 6.20 Å². The molecule has 0 atom stereocenters. The summed E-state index contributed by atoms with van der Waals surface area (Å²) in [7, 11) is 0. The zero-order chi connectivity index (χ0) is 10.3. The number of aromatic nitrogens is 1. The van der Waals surface area contributed by atoms with Gasteiger partial charge in [-0.25, -0.2) is 4.98 Å². The molecule has 0 unspecified atom stereocenters. The molecule has 1 aromatic heterocycles. The Kier molecular flexibility index (Phi) is 1.82. The summed E-state index contributed by atoms with van der Waals surface area (Å²) in [5, 5.41) is 0. The Hall–Kier alpha value is -1.68. The Morgan fingerprint density at radius 3 is 2.80 bits per heavy atom. The largest absolute Gasteiger partial charge is 0.435 e. The molecule has 0 spiro atoms. The average molecular weight is 216 g/mol. The number of para-hydroxylation sites is 2. The maximum Gasteiger partial charge on any atom is 0.244 e. The number of hydrogen-bond acceptors (Lipinski definition) is 4. The number of fused-ring (bicyclic) bond motifs is 2. The predicted octanol–water partition coefficient (Wildman–Crippen LogP) is 3.17. The average Bonchev–Trinajstić information content (AvgIpc) is 2.30. The minimum atomic E-state index is 0.589. The molecule has 4 heteroatoms. The Labute approximate surface area is 92.9 Å². The third-order valence-corrected chi connectivity index (χ3v) is 2.71. The van der Waals surface area contributed by atoms with Crippen LogP contribution < -0.4 is 9.04 Å².